The van der Waals surface area contributed by atoms with Crippen molar-refractivity contribution >= 4 is 28.4 Å². The summed E-state index contributed by atoms with van der Waals surface area (Å²) in [4.78, 5) is 2.63. The summed E-state index contributed by atoms with van der Waals surface area (Å²) in [5.41, 5.74) is 19.8. The zero-order chi connectivity index (χ0) is 37.4. The fourth-order valence-electron chi connectivity index (χ4n) is 12.7. The molecule has 0 heterocycles. The van der Waals surface area contributed by atoms with Gasteiger partial charge >= 0.3 is 0 Å². The lowest BCUT2D eigenvalue weighted by molar-refractivity contribution is 0.259. The minimum atomic E-state index is -0.0715. The van der Waals surface area contributed by atoms with Crippen molar-refractivity contribution in [1.82, 2.24) is 0 Å². The Morgan fingerprint density at radius 1 is 0.518 bits per heavy atom. The maximum atomic E-state index is 4.21. The van der Waals surface area contributed by atoms with Crippen LogP contribution in [0.2, 0.25) is 0 Å². The van der Waals surface area contributed by atoms with Crippen molar-refractivity contribution in [2.45, 2.75) is 101 Å². The van der Waals surface area contributed by atoms with Crippen LogP contribution in [0.4, 0.5) is 28.4 Å². The molecule has 0 aliphatic heterocycles. The largest absolute Gasteiger partial charge is 0.355 e. The predicted octanol–water partition coefficient (Wildman–Crippen LogP) is 14.5. The van der Waals surface area contributed by atoms with Gasteiger partial charge < -0.3 is 10.2 Å². The van der Waals surface area contributed by atoms with Crippen molar-refractivity contribution in [2.24, 2.45) is 11.8 Å². The van der Waals surface area contributed by atoms with E-state index < -0.39 is 0 Å². The molecule has 2 heteroatoms. The standard InChI is InChI=1S/C54H54N2/c1-53(2)46-27-13-11-26-44(46)45-32-31-42(35-47(45)53)56(41-23-7-4-8-24-41)50-30-16-20-38-34-40-22-10-9-21-39-33-37-19-15-29-49(51(37)54(39,40)52(38)50)55-48-28-14-12-25-43(48)36-17-5-3-6-18-36/h4,7-8,11-16,19-20,23-32,35-36,39-40,55H,3,5-6,9-10,17-18,21-22,33-34H2,1-2H3. The lowest BCUT2D eigenvalue weighted by Gasteiger charge is -2.42. The Labute approximate surface area is 334 Å². The van der Waals surface area contributed by atoms with Crippen molar-refractivity contribution < 1.29 is 0 Å². The highest BCUT2D eigenvalue weighted by atomic mass is 15.1. The number of para-hydroxylation sites is 2. The molecule has 56 heavy (non-hydrogen) atoms. The van der Waals surface area contributed by atoms with Gasteiger partial charge in [0.1, 0.15) is 0 Å². The monoisotopic (exact) mass is 730 g/mol. The van der Waals surface area contributed by atoms with Gasteiger partial charge in [0.15, 0.2) is 0 Å². The second kappa shape index (κ2) is 13.3. The Hall–Kier alpha value is -5.08. The number of hydrogen-bond acceptors (Lipinski definition) is 2. The lowest BCUT2D eigenvalue weighted by atomic mass is 9.63. The maximum Gasteiger partial charge on any atom is 0.0505 e. The van der Waals surface area contributed by atoms with E-state index >= 15 is 0 Å². The van der Waals surface area contributed by atoms with Crippen molar-refractivity contribution in [3.8, 4) is 11.1 Å². The van der Waals surface area contributed by atoms with E-state index in [1.807, 2.05) is 0 Å². The minimum absolute atomic E-state index is 0.0552. The SMILES string of the molecule is CC1(C)c2ccccc2-c2ccc(N(c3ccccc3)c3cccc4c3C35c6c(cccc6Nc6ccccc6C6CCCCC6)CC3CCCCC5C4)cc21. The van der Waals surface area contributed by atoms with Gasteiger partial charge in [-0.05, 0) is 149 Å². The normalized spacial score (nSPS) is 22.9. The van der Waals surface area contributed by atoms with E-state index in [0.29, 0.717) is 17.8 Å². The van der Waals surface area contributed by atoms with Crippen LogP contribution in [-0.4, -0.2) is 0 Å². The summed E-state index contributed by atoms with van der Waals surface area (Å²) in [5, 5.41) is 4.21. The first kappa shape index (κ1) is 34.2. The molecular formula is C54H54N2. The van der Waals surface area contributed by atoms with Gasteiger partial charge in [0.25, 0.3) is 0 Å². The Kier molecular flexibility index (Phi) is 8.10. The molecule has 2 saturated carbocycles. The first-order valence-electron chi connectivity index (χ1n) is 21.7. The Balaban J connectivity index is 1.11. The number of nitrogens with one attached hydrogen (secondary N) is 1. The summed E-state index contributed by atoms with van der Waals surface area (Å²) >= 11 is 0. The molecule has 5 aliphatic rings. The van der Waals surface area contributed by atoms with Gasteiger partial charge in [-0.15, -0.1) is 0 Å². The van der Waals surface area contributed by atoms with Gasteiger partial charge in [0, 0.05) is 33.6 Å². The average Bonchev–Trinajstić information content (AvgIpc) is 3.78. The molecule has 0 radical (unpaired) electrons. The van der Waals surface area contributed by atoms with Crippen LogP contribution in [0.15, 0.2) is 133 Å². The van der Waals surface area contributed by atoms with Crippen LogP contribution in [0.25, 0.3) is 11.1 Å². The molecule has 6 aromatic carbocycles. The number of fused-ring (bicyclic) bond motifs is 5. The first-order chi connectivity index (χ1) is 27.5. The van der Waals surface area contributed by atoms with Gasteiger partial charge in [0.2, 0.25) is 0 Å². The number of anilines is 5. The van der Waals surface area contributed by atoms with E-state index in [-0.39, 0.29) is 10.8 Å². The Morgan fingerprint density at radius 3 is 1.96 bits per heavy atom. The molecule has 1 N–H and O–H groups in total. The van der Waals surface area contributed by atoms with E-state index in [4.69, 9.17) is 0 Å². The molecule has 1 spiro atoms. The van der Waals surface area contributed by atoms with E-state index in [1.54, 1.807) is 22.3 Å². The van der Waals surface area contributed by atoms with Gasteiger partial charge in [-0.25, -0.2) is 0 Å². The highest BCUT2D eigenvalue weighted by molar-refractivity contribution is 5.88. The van der Waals surface area contributed by atoms with E-state index in [9.17, 15) is 0 Å². The maximum absolute atomic E-state index is 4.21. The van der Waals surface area contributed by atoms with Crippen LogP contribution in [0.3, 0.4) is 0 Å². The van der Waals surface area contributed by atoms with Crippen LogP contribution in [0.1, 0.15) is 116 Å². The van der Waals surface area contributed by atoms with Gasteiger partial charge in [-0.3, -0.25) is 0 Å². The highest BCUT2D eigenvalue weighted by Crippen LogP contribution is 2.66. The van der Waals surface area contributed by atoms with Crippen LogP contribution in [-0.2, 0) is 23.7 Å². The molecule has 2 nitrogen and oxygen atoms in total. The van der Waals surface area contributed by atoms with Gasteiger partial charge in [-0.1, -0.05) is 137 Å². The number of benzene rings is 6. The fraction of sp³-hybridized carbons (Fsp3) is 0.333. The number of hydrogen-bond donors (Lipinski definition) is 1. The Bertz CT molecular complexity index is 2440. The summed E-state index contributed by atoms with van der Waals surface area (Å²) in [6.45, 7) is 4.81. The predicted molar refractivity (Wildman–Crippen MR) is 234 cm³/mol. The lowest BCUT2D eigenvalue weighted by Crippen LogP contribution is -2.38. The zero-order valence-electron chi connectivity index (χ0n) is 33.2. The molecule has 5 aliphatic carbocycles. The summed E-state index contributed by atoms with van der Waals surface area (Å²) in [7, 11) is 0. The summed E-state index contributed by atoms with van der Waals surface area (Å²) in [6.07, 6.45) is 14.2. The summed E-state index contributed by atoms with van der Waals surface area (Å²) in [6, 6.07) is 51.4. The van der Waals surface area contributed by atoms with Crippen molar-refractivity contribution in [2.75, 3.05) is 10.2 Å². The van der Waals surface area contributed by atoms with Gasteiger partial charge in [0.05, 0.1) is 5.69 Å². The van der Waals surface area contributed by atoms with Gasteiger partial charge in [-0.2, -0.15) is 0 Å². The third-order valence-electron chi connectivity index (χ3n) is 15.0. The smallest absolute Gasteiger partial charge is 0.0505 e. The third kappa shape index (κ3) is 5.07. The topological polar surface area (TPSA) is 15.3 Å². The average molecular weight is 731 g/mol. The fourth-order valence-corrected chi connectivity index (χ4v) is 12.7. The second-order valence-electron chi connectivity index (χ2n) is 18.2. The molecule has 6 aromatic rings. The third-order valence-corrected chi connectivity index (χ3v) is 15.0. The Morgan fingerprint density at radius 2 is 1.16 bits per heavy atom. The molecule has 0 saturated heterocycles. The summed E-state index contributed by atoms with van der Waals surface area (Å²) in [5.74, 6) is 1.80. The van der Waals surface area contributed by atoms with Crippen LogP contribution in [0.5, 0.6) is 0 Å². The van der Waals surface area contributed by atoms with E-state index in [0.717, 1.165) is 12.8 Å². The summed E-state index contributed by atoms with van der Waals surface area (Å²) < 4.78 is 0. The molecule has 0 amide bonds. The molecule has 3 atom stereocenters. The molecule has 0 bridgehead atoms. The molecule has 280 valence electrons. The van der Waals surface area contributed by atoms with Crippen LogP contribution < -0.4 is 10.2 Å². The number of nitrogens with zero attached hydrogens (tertiary/aromatic N) is 1. The highest BCUT2D eigenvalue weighted by Gasteiger charge is 2.59. The molecular weight excluding hydrogens is 677 g/mol. The first-order valence-corrected chi connectivity index (χ1v) is 21.7. The van der Waals surface area contributed by atoms with E-state index in [1.165, 1.54) is 114 Å². The molecule has 2 fully saturated rings. The van der Waals surface area contributed by atoms with Crippen molar-refractivity contribution in [3.05, 3.63) is 172 Å². The molecule has 11 rings (SSSR count). The zero-order valence-corrected chi connectivity index (χ0v) is 33.2. The van der Waals surface area contributed by atoms with Crippen molar-refractivity contribution in [1.29, 1.82) is 0 Å². The molecule has 0 aromatic heterocycles. The second-order valence-corrected chi connectivity index (χ2v) is 18.2. The number of rotatable bonds is 6. The molecule has 3 unspecified atom stereocenters. The van der Waals surface area contributed by atoms with E-state index in [2.05, 4.69) is 158 Å². The van der Waals surface area contributed by atoms with Crippen molar-refractivity contribution in [3.63, 3.8) is 0 Å². The minimum Gasteiger partial charge on any atom is -0.355 e. The van der Waals surface area contributed by atoms with Crippen LogP contribution >= 0.6 is 0 Å². The quantitative estimate of drug-likeness (QED) is 0.184. The van der Waals surface area contributed by atoms with Crippen LogP contribution in [0, 0.1) is 11.8 Å².